The maximum Gasteiger partial charge on any atom is 0.490 e. The second-order valence-electron chi connectivity index (χ2n) is 7.29. The number of ether oxygens (including phenoxy) is 1. The quantitative estimate of drug-likeness (QED) is 0.431. The van der Waals surface area contributed by atoms with Crippen LogP contribution < -0.4 is 10.1 Å². The first-order valence-corrected chi connectivity index (χ1v) is 10.8. The smallest absolute Gasteiger partial charge is 0.489 e. The molecular weight excluding hydrogens is 475 g/mol. The van der Waals surface area contributed by atoms with Gasteiger partial charge in [0, 0.05) is 30.9 Å². The summed E-state index contributed by atoms with van der Waals surface area (Å²) in [5.41, 5.74) is 1.93. The molecule has 1 saturated heterocycles. The van der Waals surface area contributed by atoms with Gasteiger partial charge in [-0.3, -0.25) is 4.98 Å². The number of halogens is 3. The van der Waals surface area contributed by atoms with Gasteiger partial charge in [-0.2, -0.15) is 18.2 Å². The van der Waals surface area contributed by atoms with Crippen LogP contribution >= 0.6 is 11.3 Å². The van der Waals surface area contributed by atoms with Crippen LogP contribution in [0.15, 0.2) is 47.2 Å². The van der Waals surface area contributed by atoms with Gasteiger partial charge in [0.2, 0.25) is 11.7 Å². The predicted octanol–water partition coefficient (Wildman–Crippen LogP) is 4.17. The van der Waals surface area contributed by atoms with Crippen LogP contribution in [0.3, 0.4) is 0 Å². The Morgan fingerprint density at radius 3 is 2.68 bits per heavy atom. The molecule has 34 heavy (non-hydrogen) atoms. The molecule has 3 aromatic heterocycles. The molecule has 9 nitrogen and oxygen atoms in total. The zero-order chi connectivity index (χ0) is 24.3. The zero-order valence-electron chi connectivity index (χ0n) is 17.6. The third-order valence-electron chi connectivity index (χ3n) is 4.78. The van der Waals surface area contributed by atoms with Crippen molar-refractivity contribution >= 4 is 27.5 Å². The van der Waals surface area contributed by atoms with Crippen LogP contribution in [0.5, 0.6) is 5.75 Å². The van der Waals surface area contributed by atoms with Crippen LogP contribution in [0.25, 0.3) is 21.6 Å². The second-order valence-corrected chi connectivity index (χ2v) is 8.53. The van der Waals surface area contributed by atoms with Gasteiger partial charge in [0.15, 0.2) is 0 Å². The molecule has 1 aliphatic rings. The number of aromatic nitrogens is 4. The topological polar surface area (TPSA) is 123 Å². The average molecular weight is 493 g/mol. The van der Waals surface area contributed by atoms with E-state index < -0.39 is 12.1 Å². The molecule has 0 aliphatic carbocycles. The van der Waals surface area contributed by atoms with Crippen molar-refractivity contribution in [2.75, 3.05) is 6.54 Å². The lowest BCUT2D eigenvalue weighted by Crippen LogP contribution is -2.21. The van der Waals surface area contributed by atoms with Crippen molar-refractivity contribution in [3.63, 3.8) is 0 Å². The van der Waals surface area contributed by atoms with Crippen LogP contribution in [-0.4, -0.2) is 50.0 Å². The summed E-state index contributed by atoms with van der Waals surface area (Å²) in [6.07, 6.45) is -0.803. The molecule has 1 aliphatic heterocycles. The lowest BCUT2D eigenvalue weighted by molar-refractivity contribution is -0.192. The fourth-order valence-corrected chi connectivity index (χ4v) is 4.13. The van der Waals surface area contributed by atoms with Crippen molar-refractivity contribution in [1.82, 2.24) is 25.4 Å². The molecule has 1 aromatic carbocycles. The van der Waals surface area contributed by atoms with E-state index in [1.807, 2.05) is 31.2 Å². The summed E-state index contributed by atoms with van der Waals surface area (Å²) in [5.74, 6) is -0.756. The number of carboxylic acids is 1. The first-order valence-electron chi connectivity index (χ1n) is 10.0. The molecule has 0 spiro atoms. The van der Waals surface area contributed by atoms with Crippen LogP contribution in [0, 0.1) is 6.92 Å². The molecule has 5 rings (SSSR count). The number of hydrogen-bond donors (Lipinski definition) is 2. The molecular formula is C21H18F3N5O4S. The van der Waals surface area contributed by atoms with Crippen LogP contribution in [0.4, 0.5) is 13.2 Å². The summed E-state index contributed by atoms with van der Waals surface area (Å²) in [7, 11) is 0. The van der Waals surface area contributed by atoms with Crippen LogP contribution in [0.2, 0.25) is 0 Å². The lowest BCUT2D eigenvalue weighted by atomic mass is 10.2. The van der Waals surface area contributed by atoms with Gasteiger partial charge in [-0.15, -0.1) is 11.3 Å². The summed E-state index contributed by atoms with van der Waals surface area (Å²) in [5, 5.41) is 15.7. The highest BCUT2D eigenvalue weighted by Crippen LogP contribution is 2.29. The van der Waals surface area contributed by atoms with Gasteiger partial charge in [0.05, 0.1) is 21.3 Å². The number of hydrogen-bond acceptors (Lipinski definition) is 9. The SMILES string of the molecule is Cc1nc2ccc(-c3noc([C@@H]4C[C@H](Oc5ccncc5)CN4)n3)cc2s1.O=C(O)C(F)(F)F. The van der Waals surface area contributed by atoms with Crippen LogP contribution in [-0.2, 0) is 4.79 Å². The summed E-state index contributed by atoms with van der Waals surface area (Å²) in [4.78, 5) is 22.0. The number of alkyl halides is 3. The van der Waals surface area contributed by atoms with Crippen molar-refractivity contribution in [2.45, 2.75) is 31.7 Å². The molecule has 4 aromatic rings. The monoisotopic (exact) mass is 493 g/mol. The van der Waals surface area contributed by atoms with Gasteiger partial charge in [-0.1, -0.05) is 5.16 Å². The molecule has 13 heteroatoms. The van der Waals surface area contributed by atoms with E-state index in [0.29, 0.717) is 11.7 Å². The van der Waals surface area contributed by atoms with Crippen molar-refractivity contribution < 1.29 is 32.3 Å². The predicted molar refractivity (Wildman–Crippen MR) is 115 cm³/mol. The summed E-state index contributed by atoms with van der Waals surface area (Å²) in [6, 6.07) is 9.74. The summed E-state index contributed by atoms with van der Waals surface area (Å²) >= 11 is 1.66. The van der Waals surface area contributed by atoms with E-state index >= 15 is 0 Å². The standard InChI is InChI=1S/C19H17N5O2S.C2HF3O2/c1-11-22-15-3-2-12(8-17(15)27-11)18-23-19(26-24-18)16-9-14(10-21-16)25-13-4-6-20-7-5-13;3-2(4,5)1(6)7/h2-8,14,16,21H,9-10H2,1H3;(H,6,7)/t14-,16-;/m0./s1. The Balaban J connectivity index is 0.000000344. The Morgan fingerprint density at radius 1 is 1.24 bits per heavy atom. The molecule has 2 N–H and O–H groups in total. The highest BCUT2D eigenvalue weighted by Gasteiger charge is 2.38. The maximum absolute atomic E-state index is 10.6. The second kappa shape index (κ2) is 9.73. The molecule has 0 bridgehead atoms. The van der Waals surface area contributed by atoms with E-state index in [9.17, 15) is 13.2 Å². The summed E-state index contributed by atoms with van der Waals surface area (Å²) < 4.78 is 44.4. The minimum atomic E-state index is -5.08. The molecule has 0 radical (unpaired) electrons. The number of benzene rings is 1. The third-order valence-corrected chi connectivity index (χ3v) is 5.71. The van der Waals surface area contributed by atoms with E-state index in [1.54, 1.807) is 23.7 Å². The number of carbonyl (C=O) groups is 1. The molecule has 0 unspecified atom stereocenters. The van der Waals surface area contributed by atoms with Gasteiger partial charge >= 0.3 is 12.1 Å². The molecule has 0 amide bonds. The Hall–Kier alpha value is -3.58. The van der Waals surface area contributed by atoms with E-state index in [0.717, 1.165) is 39.5 Å². The van der Waals surface area contributed by atoms with Crippen molar-refractivity contribution in [2.24, 2.45) is 0 Å². The molecule has 4 heterocycles. The minimum absolute atomic E-state index is 0.00697. The normalized spacial score (nSPS) is 17.9. The molecule has 178 valence electrons. The number of nitrogens with zero attached hydrogens (tertiary/aromatic N) is 4. The number of carboxylic acid groups (broad SMARTS) is 1. The average Bonchev–Trinajstić information content (AvgIpc) is 3.52. The minimum Gasteiger partial charge on any atom is -0.489 e. The number of fused-ring (bicyclic) bond motifs is 1. The van der Waals surface area contributed by atoms with E-state index in [4.69, 9.17) is 19.2 Å². The Bertz CT molecular complexity index is 1280. The van der Waals surface area contributed by atoms with E-state index in [2.05, 4.69) is 31.5 Å². The molecule has 1 fully saturated rings. The van der Waals surface area contributed by atoms with Gasteiger partial charge in [0.25, 0.3) is 0 Å². The van der Waals surface area contributed by atoms with Gasteiger partial charge < -0.3 is 19.7 Å². The van der Waals surface area contributed by atoms with Gasteiger partial charge in [0.1, 0.15) is 11.9 Å². The number of aryl methyl sites for hydroxylation is 1. The highest BCUT2D eigenvalue weighted by atomic mass is 32.1. The Kier molecular flexibility index (Phi) is 6.75. The number of thiazole rings is 1. The molecule has 2 atom stereocenters. The van der Waals surface area contributed by atoms with E-state index in [-0.39, 0.29) is 12.1 Å². The van der Waals surface area contributed by atoms with Gasteiger partial charge in [-0.05, 0) is 37.3 Å². The lowest BCUT2D eigenvalue weighted by Gasteiger charge is -2.11. The fraction of sp³-hybridized carbons (Fsp3) is 0.286. The number of nitrogens with one attached hydrogen (secondary N) is 1. The number of pyridine rings is 1. The first-order chi connectivity index (χ1) is 16.2. The molecule has 0 saturated carbocycles. The number of rotatable bonds is 4. The summed E-state index contributed by atoms with van der Waals surface area (Å²) in [6.45, 7) is 2.74. The first kappa shape index (κ1) is 23.6. The fourth-order valence-electron chi connectivity index (χ4n) is 3.26. The maximum atomic E-state index is 10.6. The largest absolute Gasteiger partial charge is 0.490 e. The van der Waals surface area contributed by atoms with Crippen molar-refractivity contribution in [3.8, 4) is 17.1 Å². The van der Waals surface area contributed by atoms with Crippen molar-refractivity contribution in [1.29, 1.82) is 0 Å². The Morgan fingerprint density at radius 2 is 1.97 bits per heavy atom. The van der Waals surface area contributed by atoms with Crippen molar-refractivity contribution in [3.05, 3.63) is 53.6 Å². The van der Waals surface area contributed by atoms with E-state index in [1.165, 1.54) is 0 Å². The van der Waals surface area contributed by atoms with Gasteiger partial charge in [-0.25, -0.2) is 9.78 Å². The highest BCUT2D eigenvalue weighted by molar-refractivity contribution is 7.18. The van der Waals surface area contributed by atoms with Crippen LogP contribution in [0.1, 0.15) is 23.4 Å². The Labute approximate surface area is 194 Å². The third kappa shape index (κ3) is 5.66. The number of aliphatic carboxylic acids is 1. The zero-order valence-corrected chi connectivity index (χ0v) is 18.4.